The van der Waals surface area contributed by atoms with E-state index in [4.69, 9.17) is 5.11 Å². The van der Waals surface area contributed by atoms with Crippen LogP contribution >= 0.6 is 0 Å². The van der Waals surface area contributed by atoms with Gasteiger partial charge in [0.25, 0.3) is 0 Å². The molecule has 0 saturated carbocycles. The van der Waals surface area contributed by atoms with Crippen molar-refractivity contribution in [2.75, 3.05) is 0 Å². The highest BCUT2D eigenvalue weighted by molar-refractivity contribution is 6.09. The average Bonchev–Trinajstić information content (AvgIpc) is 2.41. The van der Waals surface area contributed by atoms with Crippen molar-refractivity contribution >= 4 is 5.78 Å². The molecule has 19 heavy (non-hydrogen) atoms. The molecule has 2 nitrogen and oxygen atoms in total. The van der Waals surface area contributed by atoms with E-state index in [0.29, 0.717) is 0 Å². The van der Waals surface area contributed by atoms with Crippen LogP contribution in [0.15, 0.2) is 36.4 Å². The second-order valence-electron chi connectivity index (χ2n) is 3.92. The fourth-order valence-corrected chi connectivity index (χ4v) is 1.62. The molecule has 0 aliphatic rings. The molecule has 0 saturated heterocycles. The Hall–Kier alpha value is -2.14. The Bertz CT molecular complexity index is 639. The van der Waals surface area contributed by atoms with E-state index in [9.17, 15) is 18.0 Å². The van der Waals surface area contributed by atoms with Crippen molar-refractivity contribution < 1.29 is 23.1 Å². The summed E-state index contributed by atoms with van der Waals surface area (Å²) < 4.78 is 39.2. The number of hydrogen-bond donors (Lipinski definition) is 1. The summed E-state index contributed by atoms with van der Waals surface area (Å²) in [6.45, 7) is -0.481. The Balaban J connectivity index is 2.38. The van der Waals surface area contributed by atoms with Crippen LogP contribution in [0.25, 0.3) is 0 Å². The first-order valence-corrected chi connectivity index (χ1v) is 5.42. The quantitative estimate of drug-likeness (QED) is 0.867. The molecule has 0 aliphatic heterocycles. The summed E-state index contributed by atoms with van der Waals surface area (Å²) in [6, 6.07) is 6.25. The molecule has 0 fully saturated rings. The second kappa shape index (κ2) is 5.24. The summed E-state index contributed by atoms with van der Waals surface area (Å²) in [5, 5.41) is 8.82. The zero-order valence-corrected chi connectivity index (χ0v) is 9.66. The molecule has 0 radical (unpaired) electrons. The molecule has 0 heterocycles. The van der Waals surface area contributed by atoms with Crippen LogP contribution in [0, 0.1) is 17.5 Å². The number of halogens is 3. The van der Waals surface area contributed by atoms with E-state index >= 15 is 0 Å². The van der Waals surface area contributed by atoms with Crippen LogP contribution < -0.4 is 0 Å². The third-order valence-electron chi connectivity index (χ3n) is 2.67. The molecule has 2 rings (SSSR count). The number of benzene rings is 2. The fraction of sp³-hybridized carbons (Fsp3) is 0.0714. The van der Waals surface area contributed by atoms with Crippen molar-refractivity contribution in [2.45, 2.75) is 6.61 Å². The SMILES string of the molecule is O=C(c1ccc(F)c(F)c1)c1ccc(CO)c(F)c1. The van der Waals surface area contributed by atoms with Crippen molar-refractivity contribution in [3.63, 3.8) is 0 Å². The largest absolute Gasteiger partial charge is 0.392 e. The van der Waals surface area contributed by atoms with E-state index < -0.39 is 29.8 Å². The molecule has 5 heteroatoms. The zero-order valence-electron chi connectivity index (χ0n) is 9.66. The minimum Gasteiger partial charge on any atom is -0.392 e. The van der Waals surface area contributed by atoms with Gasteiger partial charge in [0, 0.05) is 16.7 Å². The van der Waals surface area contributed by atoms with Gasteiger partial charge >= 0.3 is 0 Å². The summed E-state index contributed by atoms with van der Waals surface area (Å²) in [5.74, 6) is -3.55. The molecular weight excluding hydrogens is 257 g/mol. The minimum absolute atomic E-state index is 0.000656. The summed E-state index contributed by atoms with van der Waals surface area (Å²) in [6.07, 6.45) is 0. The van der Waals surface area contributed by atoms with Gasteiger partial charge in [-0.05, 0) is 24.3 Å². The molecule has 1 N–H and O–H groups in total. The smallest absolute Gasteiger partial charge is 0.193 e. The van der Waals surface area contributed by atoms with Gasteiger partial charge in [-0.15, -0.1) is 0 Å². The lowest BCUT2D eigenvalue weighted by atomic mass is 10.0. The van der Waals surface area contributed by atoms with Crippen LogP contribution in [-0.4, -0.2) is 10.9 Å². The number of ketones is 1. The number of hydrogen-bond acceptors (Lipinski definition) is 2. The maximum Gasteiger partial charge on any atom is 0.193 e. The summed E-state index contributed by atoms with van der Waals surface area (Å²) >= 11 is 0. The number of aliphatic hydroxyl groups is 1. The Kier molecular flexibility index (Phi) is 3.66. The van der Waals surface area contributed by atoms with Crippen LogP contribution in [0.2, 0.25) is 0 Å². The lowest BCUT2D eigenvalue weighted by Gasteiger charge is -2.04. The van der Waals surface area contributed by atoms with Crippen LogP contribution in [0.4, 0.5) is 13.2 Å². The molecule has 2 aromatic rings. The van der Waals surface area contributed by atoms with Crippen LogP contribution in [0.5, 0.6) is 0 Å². The number of aliphatic hydroxyl groups excluding tert-OH is 1. The van der Waals surface area contributed by atoms with Crippen molar-refractivity contribution in [2.24, 2.45) is 0 Å². The monoisotopic (exact) mass is 266 g/mol. The van der Waals surface area contributed by atoms with E-state index in [1.165, 1.54) is 12.1 Å². The average molecular weight is 266 g/mol. The molecule has 98 valence electrons. The Morgan fingerprint density at radius 1 is 0.895 bits per heavy atom. The normalized spacial score (nSPS) is 10.5. The summed E-state index contributed by atoms with van der Waals surface area (Å²) in [7, 11) is 0. The Morgan fingerprint density at radius 2 is 1.47 bits per heavy atom. The molecule has 0 amide bonds. The standard InChI is InChI=1S/C14H9F3O2/c15-11-4-3-9(6-13(11)17)14(19)8-1-2-10(7-18)12(16)5-8/h1-6,18H,7H2. The topological polar surface area (TPSA) is 37.3 Å². The molecule has 0 unspecified atom stereocenters. The predicted octanol–water partition coefficient (Wildman–Crippen LogP) is 2.83. The first-order valence-electron chi connectivity index (χ1n) is 5.42. The van der Waals surface area contributed by atoms with Crippen molar-refractivity contribution in [1.82, 2.24) is 0 Å². The van der Waals surface area contributed by atoms with E-state index in [1.807, 2.05) is 0 Å². The number of carbonyl (C=O) groups is 1. The molecule has 0 aliphatic carbocycles. The molecule has 2 aromatic carbocycles. The lowest BCUT2D eigenvalue weighted by molar-refractivity contribution is 0.103. The van der Waals surface area contributed by atoms with Gasteiger partial charge in [0.15, 0.2) is 17.4 Å². The fourth-order valence-electron chi connectivity index (χ4n) is 1.62. The third-order valence-corrected chi connectivity index (χ3v) is 2.67. The van der Waals surface area contributed by atoms with Crippen LogP contribution in [0.1, 0.15) is 21.5 Å². The molecule has 0 bridgehead atoms. The molecule has 0 aromatic heterocycles. The lowest BCUT2D eigenvalue weighted by Crippen LogP contribution is -2.04. The van der Waals surface area contributed by atoms with Gasteiger partial charge < -0.3 is 5.11 Å². The Morgan fingerprint density at radius 3 is 2.00 bits per heavy atom. The van der Waals surface area contributed by atoms with E-state index in [1.54, 1.807) is 0 Å². The zero-order chi connectivity index (χ0) is 14.0. The highest BCUT2D eigenvalue weighted by Gasteiger charge is 2.13. The molecule has 0 spiro atoms. The highest BCUT2D eigenvalue weighted by Crippen LogP contribution is 2.16. The Labute approximate surface area is 107 Å². The van der Waals surface area contributed by atoms with Gasteiger partial charge in [-0.1, -0.05) is 12.1 Å². The van der Waals surface area contributed by atoms with Crippen molar-refractivity contribution in [3.8, 4) is 0 Å². The molecular formula is C14H9F3O2. The van der Waals surface area contributed by atoms with Gasteiger partial charge in [-0.2, -0.15) is 0 Å². The number of carbonyl (C=O) groups excluding carboxylic acids is 1. The predicted molar refractivity (Wildman–Crippen MR) is 62.1 cm³/mol. The van der Waals surface area contributed by atoms with E-state index in [2.05, 4.69) is 0 Å². The minimum atomic E-state index is -1.14. The first kappa shape index (κ1) is 13.3. The van der Waals surface area contributed by atoms with Gasteiger partial charge in [0.1, 0.15) is 5.82 Å². The van der Waals surface area contributed by atoms with Crippen molar-refractivity contribution in [3.05, 3.63) is 70.5 Å². The van der Waals surface area contributed by atoms with Crippen LogP contribution in [0.3, 0.4) is 0 Å². The number of rotatable bonds is 3. The molecule has 0 atom stereocenters. The third kappa shape index (κ3) is 2.66. The van der Waals surface area contributed by atoms with E-state index in [0.717, 1.165) is 24.3 Å². The second-order valence-corrected chi connectivity index (χ2v) is 3.92. The van der Waals surface area contributed by atoms with Crippen LogP contribution in [-0.2, 0) is 6.61 Å². The summed E-state index contributed by atoms with van der Waals surface area (Å²) in [5.41, 5.74) is -0.0161. The van der Waals surface area contributed by atoms with Gasteiger partial charge in [-0.3, -0.25) is 4.79 Å². The maximum absolute atomic E-state index is 13.4. The summed E-state index contributed by atoms with van der Waals surface area (Å²) in [4.78, 5) is 11.9. The van der Waals surface area contributed by atoms with E-state index in [-0.39, 0.29) is 16.7 Å². The highest BCUT2D eigenvalue weighted by atomic mass is 19.2. The maximum atomic E-state index is 13.4. The van der Waals surface area contributed by atoms with Gasteiger partial charge in [-0.25, -0.2) is 13.2 Å². The van der Waals surface area contributed by atoms with Crippen molar-refractivity contribution in [1.29, 1.82) is 0 Å². The van der Waals surface area contributed by atoms with Gasteiger partial charge in [0.2, 0.25) is 0 Å². The first-order chi connectivity index (χ1) is 9.02. The van der Waals surface area contributed by atoms with Gasteiger partial charge in [0.05, 0.1) is 6.61 Å².